The van der Waals surface area contributed by atoms with Gasteiger partial charge in [0.1, 0.15) is 19.0 Å². The molecule has 8 heteroatoms. The normalized spacial score (nSPS) is 17.4. The monoisotopic (exact) mass is 446 g/mol. The third kappa shape index (κ3) is 4.55. The summed E-state index contributed by atoms with van der Waals surface area (Å²) in [6.07, 6.45) is 1.74. The maximum absolute atomic E-state index is 13.0. The van der Waals surface area contributed by atoms with Crippen molar-refractivity contribution in [2.24, 2.45) is 5.92 Å². The third-order valence-corrected chi connectivity index (χ3v) is 5.96. The van der Waals surface area contributed by atoms with Crippen LogP contribution in [0, 0.1) is 5.92 Å². The Labute approximate surface area is 192 Å². The van der Waals surface area contributed by atoms with E-state index in [1.54, 1.807) is 7.11 Å². The van der Waals surface area contributed by atoms with Crippen LogP contribution in [-0.4, -0.2) is 49.5 Å². The van der Waals surface area contributed by atoms with Gasteiger partial charge in [0.15, 0.2) is 17.3 Å². The van der Waals surface area contributed by atoms with Crippen molar-refractivity contribution in [1.82, 2.24) is 10.2 Å². The maximum atomic E-state index is 13.0. The number of para-hydroxylation sites is 1. The maximum Gasteiger partial charge on any atom is 0.229 e. The second-order valence-corrected chi connectivity index (χ2v) is 8.11. The number of nitrogens with zero attached hydrogens (tertiary/aromatic N) is 3. The largest absolute Gasteiger partial charge is 0.496 e. The standard InChI is InChI=1S/C25H26N4O4/c1-31-21-7-3-2-6-19(21)20-9-11-24(28-27-20)29-12-4-5-17(16-29)25(30)26-18-8-10-22-23(15-18)33-14-13-32-22/h2-3,6-11,15,17H,4-5,12-14,16H2,1H3,(H,26,30). The molecule has 3 aromatic rings. The second kappa shape index (κ2) is 9.36. The van der Waals surface area contributed by atoms with Gasteiger partial charge in [-0.3, -0.25) is 4.79 Å². The van der Waals surface area contributed by atoms with Crippen LogP contribution in [0.25, 0.3) is 11.3 Å². The van der Waals surface area contributed by atoms with Crippen molar-refractivity contribution in [3.05, 3.63) is 54.6 Å². The molecule has 8 nitrogen and oxygen atoms in total. The Kier molecular flexibility index (Phi) is 5.97. The summed E-state index contributed by atoms with van der Waals surface area (Å²) in [5, 5.41) is 11.9. The first-order valence-electron chi connectivity index (χ1n) is 11.1. The SMILES string of the molecule is COc1ccccc1-c1ccc(N2CCCC(C(=O)Nc3ccc4c(c3)OCCO4)C2)nn1. The Balaban J connectivity index is 1.25. The van der Waals surface area contributed by atoms with Gasteiger partial charge in [-0.2, -0.15) is 0 Å². The van der Waals surface area contributed by atoms with Gasteiger partial charge in [-0.25, -0.2) is 0 Å². The zero-order chi connectivity index (χ0) is 22.6. The molecule has 1 fully saturated rings. The molecule has 0 spiro atoms. The predicted molar refractivity (Wildman–Crippen MR) is 125 cm³/mol. The first-order chi connectivity index (χ1) is 16.2. The van der Waals surface area contributed by atoms with Gasteiger partial charge in [-0.1, -0.05) is 12.1 Å². The second-order valence-electron chi connectivity index (χ2n) is 8.11. The average molecular weight is 447 g/mol. The minimum atomic E-state index is -0.136. The topological polar surface area (TPSA) is 85.8 Å². The highest BCUT2D eigenvalue weighted by Gasteiger charge is 2.27. The Bertz CT molecular complexity index is 1140. The highest BCUT2D eigenvalue weighted by molar-refractivity contribution is 5.93. The lowest BCUT2D eigenvalue weighted by Gasteiger charge is -2.32. The molecule has 170 valence electrons. The number of amides is 1. The first kappa shape index (κ1) is 21.1. The predicted octanol–water partition coefficient (Wildman–Crippen LogP) is 3.78. The van der Waals surface area contributed by atoms with Crippen LogP contribution in [0.5, 0.6) is 17.2 Å². The van der Waals surface area contributed by atoms with Gasteiger partial charge < -0.3 is 24.4 Å². The lowest BCUT2D eigenvalue weighted by molar-refractivity contribution is -0.120. The summed E-state index contributed by atoms with van der Waals surface area (Å²) in [6, 6.07) is 17.1. The summed E-state index contributed by atoms with van der Waals surface area (Å²) in [6.45, 7) is 2.49. The van der Waals surface area contributed by atoms with E-state index in [0.29, 0.717) is 36.9 Å². The molecular weight excluding hydrogens is 420 g/mol. The molecule has 3 heterocycles. The van der Waals surface area contributed by atoms with E-state index in [0.717, 1.165) is 42.2 Å². The molecule has 0 radical (unpaired) electrons. The number of nitrogens with one attached hydrogen (secondary N) is 1. The number of anilines is 2. The summed E-state index contributed by atoms with van der Waals surface area (Å²) < 4.78 is 16.6. The van der Waals surface area contributed by atoms with E-state index >= 15 is 0 Å². The summed E-state index contributed by atoms with van der Waals surface area (Å²) in [5.74, 6) is 2.75. The molecule has 0 bridgehead atoms. The molecule has 1 unspecified atom stereocenters. The zero-order valence-electron chi connectivity index (χ0n) is 18.5. The van der Waals surface area contributed by atoms with E-state index in [1.165, 1.54) is 0 Å². The van der Waals surface area contributed by atoms with E-state index in [9.17, 15) is 4.79 Å². The van der Waals surface area contributed by atoms with Crippen molar-refractivity contribution < 1.29 is 19.0 Å². The molecule has 33 heavy (non-hydrogen) atoms. The number of piperidine rings is 1. The lowest BCUT2D eigenvalue weighted by Crippen LogP contribution is -2.41. The van der Waals surface area contributed by atoms with Crippen molar-refractivity contribution >= 4 is 17.4 Å². The summed E-state index contributed by atoms with van der Waals surface area (Å²) >= 11 is 0. The molecule has 1 aromatic heterocycles. The van der Waals surface area contributed by atoms with Gasteiger partial charge in [0.05, 0.1) is 18.7 Å². The molecule has 0 saturated carbocycles. The van der Waals surface area contributed by atoms with Gasteiger partial charge in [-0.15, -0.1) is 10.2 Å². The molecule has 2 aromatic carbocycles. The highest BCUT2D eigenvalue weighted by Crippen LogP contribution is 2.33. The fourth-order valence-corrected chi connectivity index (χ4v) is 4.26. The number of ether oxygens (including phenoxy) is 3. The summed E-state index contributed by atoms with van der Waals surface area (Å²) in [7, 11) is 1.64. The first-order valence-corrected chi connectivity index (χ1v) is 11.1. The van der Waals surface area contributed by atoms with E-state index < -0.39 is 0 Å². The molecule has 1 atom stereocenters. The molecule has 5 rings (SSSR count). The fraction of sp³-hybridized carbons (Fsp3) is 0.320. The van der Waals surface area contributed by atoms with E-state index in [-0.39, 0.29) is 11.8 Å². The van der Waals surface area contributed by atoms with E-state index in [1.807, 2.05) is 54.6 Å². The Morgan fingerprint density at radius 2 is 1.91 bits per heavy atom. The number of aromatic nitrogens is 2. The van der Waals surface area contributed by atoms with Gasteiger partial charge in [0, 0.05) is 30.4 Å². The van der Waals surface area contributed by atoms with Gasteiger partial charge >= 0.3 is 0 Å². The summed E-state index contributed by atoms with van der Waals surface area (Å²) in [4.78, 5) is 15.1. The van der Waals surface area contributed by atoms with Gasteiger partial charge in [-0.05, 0) is 49.2 Å². The van der Waals surface area contributed by atoms with E-state index in [2.05, 4.69) is 20.4 Å². The van der Waals surface area contributed by atoms with Crippen LogP contribution in [0.1, 0.15) is 12.8 Å². The number of methoxy groups -OCH3 is 1. The van der Waals surface area contributed by atoms with Crippen molar-refractivity contribution in [2.45, 2.75) is 12.8 Å². The van der Waals surface area contributed by atoms with Crippen molar-refractivity contribution in [2.75, 3.05) is 43.6 Å². The minimum absolute atomic E-state index is 0.00465. The van der Waals surface area contributed by atoms with Gasteiger partial charge in [0.25, 0.3) is 0 Å². The summed E-state index contributed by atoms with van der Waals surface area (Å²) in [5.41, 5.74) is 2.36. The quantitative estimate of drug-likeness (QED) is 0.638. The number of hydrogen-bond acceptors (Lipinski definition) is 7. The molecule has 1 amide bonds. The fourth-order valence-electron chi connectivity index (χ4n) is 4.26. The number of hydrogen-bond donors (Lipinski definition) is 1. The van der Waals surface area contributed by atoms with Crippen LogP contribution in [0.2, 0.25) is 0 Å². The van der Waals surface area contributed by atoms with E-state index in [4.69, 9.17) is 14.2 Å². The Morgan fingerprint density at radius 1 is 1.06 bits per heavy atom. The number of fused-ring (bicyclic) bond motifs is 1. The molecule has 1 N–H and O–H groups in total. The average Bonchev–Trinajstić information content (AvgIpc) is 2.89. The number of benzene rings is 2. The van der Waals surface area contributed by atoms with Crippen molar-refractivity contribution in [3.8, 4) is 28.5 Å². The van der Waals surface area contributed by atoms with Crippen molar-refractivity contribution in [3.63, 3.8) is 0 Å². The zero-order valence-corrected chi connectivity index (χ0v) is 18.5. The van der Waals surface area contributed by atoms with Gasteiger partial charge in [0.2, 0.25) is 5.91 Å². The number of carbonyl (C=O) groups is 1. The van der Waals surface area contributed by atoms with Crippen LogP contribution in [0.15, 0.2) is 54.6 Å². The number of carbonyl (C=O) groups excluding carboxylic acids is 1. The smallest absolute Gasteiger partial charge is 0.229 e. The Morgan fingerprint density at radius 3 is 2.73 bits per heavy atom. The molecular formula is C25H26N4O4. The van der Waals surface area contributed by atoms with Crippen LogP contribution < -0.4 is 24.4 Å². The third-order valence-electron chi connectivity index (χ3n) is 5.96. The highest BCUT2D eigenvalue weighted by atomic mass is 16.6. The van der Waals surface area contributed by atoms with Crippen molar-refractivity contribution in [1.29, 1.82) is 0 Å². The number of rotatable bonds is 5. The van der Waals surface area contributed by atoms with Crippen LogP contribution in [-0.2, 0) is 4.79 Å². The van der Waals surface area contributed by atoms with Crippen LogP contribution in [0.3, 0.4) is 0 Å². The molecule has 2 aliphatic heterocycles. The molecule has 1 saturated heterocycles. The lowest BCUT2D eigenvalue weighted by atomic mass is 9.97. The molecule has 0 aliphatic carbocycles. The Hall–Kier alpha value is -3.81. The molecule has 2 aliphatic rings. The van der Waals surface area contributed by atoms with Crippen LogP contribution in [0.4, 0.5) is 11.5 Å². The van der Waals surface area contributed by atoms with Crippen LogP contribution >= 0.6 is 0 Å². The minimum Gasteiger partial charge on any atom is -0.496 e.